The minimum Gasteiger partial charge on any atom is -0.443 e. The highest BCUT2D eigenvalue weighted by atomic mass is 16.6. The van der Waals surface area contributed by atoms with E-state index in [0.29, 0.717) is 16.4 Å². The summed E-state index contributed by atoms with van der Waals surface area (Å²) in [7, 11) is -1.25. The van der Waals surface area contributed by atoms with Crippen molar-refractivity contribution in [3.63, 3.8) is 0 Å². The molecule has 1 aromatic carbocycles. The Bertz CT molecular complexity index is 798. The molecule has 7 heteroatoms. The summed E-state index contributed by atoms with van der Waals surface area (Å²) in [5, 5.41) is 21.5. The lowest BCUT2D eigenvalue weighted by molar-refractivity contribution is -0.0982. The van der Waals surface area contributed by atoms with E-state index in [-0.39, 0.29) is 0 Å². The van der Waals surface area contributed by atoms with Crippen LogP contribution >= 0.6 is 0 Å². The minimum atomic E-state index is -1.25. The molecule has 0 aliphatic heterocycles. The fourth-order valence-electron chi connectivity index (χ4n) is 2.36. The molecule has 142 valence electrons. The lowest BCUT2D eigenvalue weighted by Gasteiger charge is -2.38. The third kappa shape index (κ3) is 4.28. The molecule has 0 saturated carbocycles. The van der Waals surface area contributed by atoms with E-state index in [1.54, 1.807) is 78.9 Å². The van der Waals surface area contributed by atoms with Crippen molar-refractivity contribution in [2.75, 3.05) is 0 Å². The van der Waals surface area contributed by atoms with Gasteiger partial charge >= 0.3 is 13.2 Å². The monoisotopic (exact) mass is 361 g/mol. The zero-order valence-corrected chi connectivity index (χ0v) is 16.5. The number of ether oxygens (including phenoxy) is 1. The van der Waals surface area contributed by atoms with E-state index < -0.39 is 30.0 Å². The predicted octanol–water partition coefficient (Wildman–Crippen LogP) is 2.68. The van der Waals surface area contributed by atoms with Crippen molar-refractivity contribution >= 4 is 29.6 Å². The second kappa shape index (κ2) is 6.72. The molecule has 26 heavy (non-hydrogen) atoms. The molecule has 2 N–H and O–H groups in total. The van der Waals surface area contributed by atoms with Crippen LogP contribution in [0.15, 0.2) is 30.5 Å². The van der Waals surface area contributed by atoms with E-state index in [9.17, 15) is 14.9 Å². The van der Waals surface area contributed by atoms with Crippen molar-refractivity contribution < 1.29 is 24.3 Å². The molecular weight excluding hydrogens is 333 g/mol. The van der Waals surface area contributed by atoms with Crippen molar-refractivity contribution in [1.29, 1.82) is 0 Å². The normalized spacial score (nSPS) is 13.1. The van der Waals surface area contributed by atoms with Crippen LogP contribution in [0, 0.1) is 0 Å². The molecule has 0 aliphatic rings. The van der Waals surface area contributed by atoms with Crippen LogP contribution < -0.4 is 5.46 Å². The number of nitrogens with zero attached hydrogens (tertiary/aromatic N) is 1. The maximum Gasteiger partial charge on any atom is 0.492 e. The van der Waals surface area contributed by atoms with Gasteiger partial charge in [-0.25, -0.2) is 4.79 Å². The van der Waals surface area contributed by atoms with Crippen molar-refractivity contribution in [1.82, 2.24) is 4.57 Å². The Morgan fingerprint density at radius 1 is 1.08 bits per heavy atom. The maximum atomic E-state index is 12.4. The van der Waals surface area contributed by atoms with Crippen molar-refractivity contribution in [3.05, 3.63) is 30.5 Å². The number of hydrogen-bond donors (Lipinski definition) is 2. The molecule has 0 radical (unpaired) electrons. The largest absolute Gasteiger partial charge is 0.492 e. The number of hydrogen-bond acceptors (Lipinski definition) is 5. The quantitative estimate of drug-likeness (QED) is 0.819. The highest BCUT2D eigenvalue weighted by Gasteiger charge is 2.40. The van der Waals surface area contributed by atoms with Gasteiger partial charge in [0.15, 0.2) is 0 Å². The molecule has 0 spiro atoms. The lowest BCUT2D eigenvalue weighted by Crippen LogP contribution is -2.53. The zero-order chi connectivity index (χ0) is 19.9. The second-order valence-electron chi connectivity index (χ2n) is 8.49. The van der Waals surface area contributed by atoms with E-state index in [0.717, 1.165) is 0 Å². The Labute approximate surface area is 154 Å². The van der Waals surface area contributed by atoms with Gasteiger partial charge in [-0.3, -0.25) is 4.57 Å². The average molecular weight is 361 g/mol. The predicted molar refractivity (Wildman–Crippen MR) is 103 cm³/mol. The molecule has 0 saturated heterocycles. The van der Waals surface area contributed by atoms with Gasteiger partial charge in [-0.2, -0.15) is 0 Å². The molecule has 0 fully saturated rings. The minimum absolute atomic E-state index is 0.489. The standard InChI is InChI=1S/C19H28BNO5/c1-17(2,3)25-16(22)21-12-11-13-14(9-8-10-15(13)21)20(24)26-19(6,7)18(4,5)23/h8-12,23-24H,1-7H3. The number of aromatic nitrogens is 1. The fourth-order valence-corrected chi connectivity index (χ4v) is 2.36. The third-order valence-corrected chi connectivity index (χ3v) is 4.50. The van der Waals surface area contributed by atoms with Gasteiger partial charge in [-0.1, -0.05) is 12.1 Å². The SMILES string of the molecule is CC(C)(C)OC(=O)n1ccc2c(B(O)OC(C)(C)C(C)(C)O)cccc21. The molecule has 1 aromatic heterocycles. The summed E-state index contributed by atoms with van der Waals surface area (Å²) in [5.74, 6) is 0. The van der Waals surface area contributed by atoms with Crippen LogP contribution in [0.2, 0.25) is 0 Å². The summed E-state index contributed by atoms with van der Waals surface area (Å²) in [6, 6.07) is 6.98. The topological polar surface area (TPSA) is 80.9 Å². The summed E-state index contributed by atoms with van der Waals surface area (Å²) >= 11 is 0. The van der Waals surface area contributed by atoms with Crippen molar-refractivity contribution in [3.8, 4) is 0 Å². The number of carbonyl (C=O) groups excluding carboxylic acids is 1. The van der Waals surface area contributed by atoms with Gasteiger partial charge < -0.3 is 19.5 Å². The van der Waals surface area contributed by atoms with Crippen molar-refractivity contribution in [2.24, 2.45) is 0 Å². The summed E-state index contributed by atoms with van der Waals surface area (Å²) in [6.07, 6.45) is 1.12. The van der Waals surface area contributed by atoms with Crippen molar-refractivity contribution in [2.45, 2.75) is 65.3 Å². The summed E-state index contributed by atoms with van der Waals surface area (Å²) in [6.45, 7) is 12.1. The van der Waals surface area contributed by atoms with Gasteiger partial charge in [0.2, 0.25) is 0 Å². The zero-order valence-electron chi connectivity index (χ0n) is 16.5. The van der Waals surface area contributed by atoms with Crippen LogP contribution in [-0.4, -0.2) is 44.7 Å². The number of aliphatic hydroxyl groups is 1. The Balaban J connectivity index is 2.38. The third-order valence-electron chi connectivity index (χ3n) is 4.50. The van der Waals surface area contributed by atoms with E-state index in [4.69, 9.17) is 9.39 Å². The molecule has 2 rings (SSSR count). The first kappa shape index (κ1) is 20.5. The molecular formula is C19H28BNO5. The Hall–Kier alpha value is -1.83. The van der Waals surface area contributed by atoms with Gasteiger partial charge in [0.05, 0.1) is 16.7 Å². The highest BCUT2D eigenvalue weighted by molar-refractivity contribution is 6.63. The molecule has 0 unspecified atom stereocenters. The Morgan fingerprint density at radius 2 is 1.69 bits per heavy atom. The van der Waals surface area contributed by atoms with Crippen LogP contribution in [0.3, 0.4) is 0 Å². The van der Waals surface area contributed by atoms with Gasteiger partial charge in [-0.15, -0.1) is 0 Å². The van der Waals surface area contributed by atoms with E-state index in [2.05, 4.69) is 0 Å². The highest BCUT2D eigenvalue weighted by Crippen LogP contribution is 2.26. The van der Waals surface area contributed by atoms with Crippen LogP contribution in [0.4, 0.5) is 4.79 Å². The fraction of sp³-hybridized carbons (Fsp3) is 0.526. The number of carbonyl (C=O) groups is 1. The van der Waals surface area contributed by atoms with Crippen LogP contribution in [0.1, 0.15) is 48.5 Å². The molecule has 0 atom stereocenters. The summed E-state index contributed by atoms with van der Waals surface area (Å²) < 4.78 is 12.5. The number of fused-ring (bicyclic) bond motifs is 1. The summed E-state index contributed by atoms with van der Waals surface area (Å²) in [4.78, 5) is 12.4. The second-order valence-corrected chi connectivity index (χ2v) is 8.49. The lowest BCUT2D eigenvalue weighted by atomic mass is 9.75. The molecule has 2 aromatic rings. The molecule has 1 heterocycles. The first-order chi connectivity index (χ1) is 11.7. The Kier molecular flexibility index (Phi) is 5.30. The summed E-state index contributed by atoms with van der Waals surface area (Å²) in [5.41, 5.74) is -1.61. The van der Waals surface area contributed by atoms with Gasteiger partial charge in [0.1, 0.15) is 5.60 Å². The molecule has 0 amide bonds. The van der Waals surface area contributed by atoms with Crippen LogP contribution in [-0.2, 0) is 9.39 Å². The first-order valence-electron chi connectivity index (χ1n) is 8.64. The number of benzene rings is 1. The van der Waals surface area contributed by atoms with Gasteiger partial charge in [-0.05, 0) is 71.4 Å². The molecule has 0 aliphatic carbocycles. The van der Waals surface area contributed by atoms with Gasteiger partial charge in [0, 0.05) is 6.20 Å². The maximum absolute atomic E-state index is 12.4. The number of rotatable bonds is 4. The van der Waals surface area contributed by atoms with E-state index in [1.165, 1.54) is 4.57 Å². The average Bonchev–Trinajstić information content (AvgIpc) is 2.87. The van der Waals surface area contributed by atoms with E-state index >= 15 is 0 Å². The first-order valence-corrected chi connectivity index (χ1v) is 8.64. The van der Waals surface area contributed by atoms with Crippen LogP contribution in [0.25, 0.3) is 10.9 Å². The molecule has 0 bridgehead atoms. The van der Waals surface area contributed by atoms with E-state index in [1.807, 2.05) is 0 Å². The smallest absolute Gasteiger partial charge is 0.443 e. The van der Waals surface area contributed by atoms with Gasteiger partial charge in [0.25, 0.3) is 0 Å². The Morgan fingerprint density at radius 3 is 2.23 bits per heavy atom. The molecule has 6 nitrogen and oxygen atoms in total. The van der Waals surface area contributed by atoms with Crippen LogP contribution in [0.5, 0.6) is 0 Å².